The summed E-state index contributed by atoms with van der Waals surface area (Å²) >= 11 is 5.97. The molecule has 7 heteroatoms. The Kier molecular flexibility index (Phi) is 4.06. The van der Waals surface area contributed by atoms with Crippen molar-refractivity contribution in [3.8, 4) is 0 Å². The standard InChI is InChI=1S/C13H15Cl2NO3S/c1-8-10(14)5-9(6-11(8)20(15,18)19)12(17)16-7-13(2)3-4-13/h5-6H,3-4,7H2,1-2H3,(H,16,17). The van der Waals surface area contributed by atoms with Gasteiger partial charge in [-0.3, -0.25) is 4.79 Å². The molecule has 1 N–H and O–H groups in total. The Morgan fingerprint density at radius 2 is 2.00 bits per heavy atom. The molecule has 20 heavy (non-hydrogen) atoms. The first-order valence-electron chi connectivity index (χ1n) is 6.15. The highest BCUT2D eigenvalue weighted by Gasteiger charge is 2.37. The van der Waals surface area contributed by atoms with Crippen LogP contribution in [0.1, 0.15) is 35.7 Å². The van der Waals surface area contributed by atoms with Gasteiger partial charge in [0.25, 0.3) is 15.0 Å². The number of halogens is 2. The summed E-state index contributed by atoms with van der Waals surface area (Å²) in [7, 11) is 1.42. The minimum atomic E-state index is -3.94. The third kappa shape index (κ3) is 3.45. The Morgan fingerprint density at radius 3 is 2.50 bits per heavy atom. The Labute approximate surface area is 127 Å². The fourth-order valence-corrected chi connectivity index (χ4v) is 3.32. The molecule has 0 spiro atoms. The van der Waals surface area contributed by atoms with Crippen LogP contribution in [0, 0.1) is 12.3 Å². The molecule has 0 radical (unpaired) electrons. The van der Waals surface area contributed by atoms with Crippen LogP contribution in [0.2, 0.25) is 5.02 Å². The Morgan fingerprint density at radius 1 is 1.40 bits per heavy atom. The zero-order chi connectivity index (χ0) is 15.1. The molecule has 0 aliphatic heterocycles. The van der Waals surface area contributed by atoms with Crippen molar-refractivity contribution < 1.29 is 13.2 Å². The molecule has 1 aliphatic rings. The summed E-state index contributed by atoms with van der Waals surface area (Å²) in [5.74, 6) is -0.346. The largest absolute Gasteiger partial charge is 0.351 e. The number of carbonyl (C=O) groups is 1. The minimum absolute atomic E-state index is 0.130. The van der Waals surface area contributed by atoms with Crippen molar-refractivity contribution in [1.82, 2.24) is 5.32 Å². The SMILES string of the molecule is Cc1c(Cl)cc(C(=O)NCC2(C)CC2)cc1S(=O)(=O)Cl. The second-order valence-electron chi connectivity index (χ2n) is 5.51. The molecule has 0 aromatic heterocycles. The lowest BCUT2D eigenvalue weighted by Crippen LogP contribution is -2.29. The molecule has 110 valence electrons. The Balaban J connectivity index is 2.28. The fourth-order valence-electron chi connectivity index (χ4n) is 1.82. The summed E-state index contributed by atoms with van der Waals surface area (Å²) in [6, 6.07) is 2.71. The van der Waals surface area contributed by atoms with Gasteiger partial charge in [0.1, 0.15) is 0 Å². The lowest BCUT2D eigenvalue weighted by molar-refractivity contribution is 0.0946. The maximum Gasteiger partial charge on any atom is 0.261 e. The van der Waals surface area contributed by atoms with Crippen LogP contribution in [0.15, 0.2) is 17.0 Å². The highest BCUT2D eigenvalue weighted by molar-refractivity contribution is 8.13. The van der Waals surface area contributed by atoms with E-state index in [4.69, 9.17) is 22.3 Å². The third-order valence-electron chi connectivity index (χ3n) is 3.60. The first kappa shape index (κ1) is 15.6. The summed E-state index contributed by atoms with van der Waals surface area (Å²) in [6.45, 7) is 4.20. The average Bonchev–Trinajstić information content (AvgIpc) is 3.06. The zero-order valence-electron chi connectivity index (χ0n) is 11.2. The maximum atomic E-state index is 12.1. The maximum absolute atomic E-state index is 12.1. The summed E-state index contributed by atoms with van der Waals surface area (Å²) in [5, 5.41) is 2.99. The van der Waals surface area contributed by atoms with Gasteiger partial charge in [-0.25, -0.2) is 8.42 Å². The van der Waals surface area contributed by atoms with Gasteiger partial charge < -0.3 is 5.32 Å². The summed E-state index contributed by atoms with van der Waals surface area (Å²) in [4.78, 5) is 11.9. The van der Waals surface area contributed by atoms with Crippen molar-refractivity contribution in [3.05, 3.63) is 28.3 Å². The van der Waals surface area contributed by atoms with Crippen LogP contribution in [0.3, 0.4) is 0 Å². The molecule has 4 nitrogen and oxygen atoms in total. The molecule has 1 amide bonds. The van der Waals surface area contributed by atoms with Crippen LogP contribution in [-0.2, 0) is 9.05 Å². The van der Waals surface area contributed by atoms with Gasteiger partial charge in [0.2, 0.25) is 0 Å². The summed E-state index contributed by atoms with van der Waals surface area (Å²) < 4.78 is 23.0. The Bertz CT molecular complexity index is 666. The first-order chi connectivity index (χ1) is 9.12. The van der Waals surface area contributed by atoms with Gasteiger partial charge in [-0.1, -0.05) is 18.5 Å². The lowest BCUT2D eigenvalue weighted by Gasteiger charge is -2.12. The van der Waals surface area contributed by atoms with E-state index in [0.717, 1.165) is 12.8 Å². The number of nitrogens with one attached hydrogen (secondary N) is 1. The van der Waals surface area contributed by atoms with E-state index in [1.165, 1.54) is 12.1 Å². The van der Waals surface area contributed by atoms with E-state index < -0.39 is 9.05 Å². The van der Waals surface area contributed by atoms with Crippen LogP contribution in [-0.4, -0.2) is 20.9 Å². The number of carbonyl (C=O) groups excluding carboxylic acids is 1. The normalized spacial score (nSPS) is 16.8. The molecule has 0 heterocycles. The van der Waals surface area contributed by atoms with Gasteiger partial charge in [0.15, 0.2) is 0 Å². The van der Waals surface area contributed by atoms with Crippen LogP contribution < -0.4 is 5.32 Å². The quantitative estimate of drug-likeness (QED) is 0.860. The molecule has 1 aliphatic carbocycles. The van der Waals surface area contributed by atoms with Gasteiger partial charge in [0, 0.05) is 27.8 Å². The molecular weight excluding hydrogens is 321 g/mol. The fraction of sp³-hybridized carbons (Fsp3) is 0.462. The molecule has 1 fully saturated rings. The molecular formula is C13H15Cl2NO3S. The van der Waals surface area contributed by atoms with Crippen LogP contribution in [0.25, 0.3) is 0 Å². The van der Waals surface area contributed by atoms with E-state index >= 15 is 0 Å². The predicted octanol–water partition coefficient (Wildman–Crippen LogP) is 3.11. The Hall–Kier alpha value is -0.780. The highest BCUT2D eigenvalue weighted by Crippen LogP contribution is 2.44. The molecule has 0 saturated heterocycles. The van der Waals surface area contributed by atoms with Crippen LogP contribution in [0.4, 0.5) is 0 Å². The molecule has 2 rings (SSSR count). The minimum Gasteiger partial charge on any atom is -0.351 e. The van der Waals surface area contributed by atoms with E-state index in [1.54, 1.807) is 6.92 Å². The second-order valence-corrected chi connectivity index (χ2v) is 8.45. The number of amides is 1. The number of hydrogen-bond donors (Lipinski definition) is 1. The molecule has 0 bridgehead atoms. The number of benzene rings is 1. The second kappa shape index (κ2) is 5.20. The van der Waals surface area contributed by atoms with Crippen molar-refractivity contribution >= 4 is 37.2 Å². The van der Waals surface area contributed by atoms with Crippen LogP contribution in [0.5, 0.6) is 0 Å². The monoisotopic (exact) mass is 335 g/mol. The molecule has 1 aromatic carbocycles. The van der Waals surface area contributed by atoms with Crippen LogP contribution >= 0.6 is 22.3 Å². The van der Waals surface area contributed by atoms with E-state index in [1.807, 2.05) is 0 Å². The first-order valence-corrected chi connectivity index (χ1v) is 8.84. The highest BCUT2D eigenvalue weighted by atomic mass is 35.7. The van der Waals surface area contributed by atoms with Crippen molar-refractivity contribution in [2.75, 3.05) is 6.54 Å². The van der Waals surface area contributed by atoms with E-state index in [-0.39, 0.29) is 26.8 Å². The lowest BCUT2D eigenvalue weighted by atomic mass is 10.1. The molecule has 1 aromatic rings. The smallest absolute Gasteiger partial charge is 0.261 e. The van der Waals surface area contributed by atoms with Gasteiger partial charge in [-0.15, -0.1) is 0 Å². The molecule has 0 unspecified atom stereocenters. The predicted molar refractivity (Wildman–Crippen MR) is 78.9 cm³/mol. The van der Waals surface area contributed by atoms with E-state index in [9.17, 15) is 13.2 Å². The van der Waals surface area contributed by atoms with Gasteiger partial charge in [0.05, 0.1) is 4.90 Å². The van der Waals surface area contributed by atoms with E-state index in [0.29, 0.717) is 12.1 Å². The van der Waals surface area contributed by atoms with Crippen molar-refractivity contribution in [2.45, 2.75) is 31.6 Å². The molecule has 1 saturated carbocycles. The zero-order valence-corrected chi connectivity index (χ0v) is 13.5. The average molecular weight is 336 g/mol. The van der Waals surface area contributed by atoms with Crippen molar-refractivity contribution in [3.63, 3.8) is 0 Å². The summed E-state index contributed by atoms with van der Waals surface area (Å²) in [5.41, 5.74) is 0.711. The van der Waals surface area contributed by atoms with Gasteiger partial charge >= 0.3 is 0 Å². The van der Waals surface area contributed by atoms with Crippen molar-refractivity contribution in [2.24, 2.45) is 5.41 Å². The van der Waals surface area contributed by atoms with Gasteiger partial charge in [-0.2, -0.15) is 0 Å². The topological polar surface area (TPSA) is 63.2 Å². The number of rotatable bonds is 4. The van der Waals surface area contributed by atoms with E-state index in [2.05, 4.69) is 12.2 Å². The molecule has 0 atom stereocenters. The summed E-state index contributed by atoms with van der Waals surface area (Å²) in [6.07, 6.45) is 2.17. The van der Waals surface area contributed by atoms with Crippen molar-refractivity contribution in [1.29, 1.82) is 0 Å². The van der Waals surface area contributed by atoms with Gasteiger partial charge in [-0.05, 0) is 42.9 Å². The number of hydrogen-bond acceptors (Lipinski definition) is 3. The third-order valence-corrected chi connectivity index (χ3v) is 5.44.